The van der Waals surface area contributed by atoms with E-state index in [-0.39, 0.29) is 0 Å². The number of hydrogen-bond acceptors (Lipinski definition) is 2. The maximum atomic E-state index is 4.50. The lowest BCUT2D eigenvalue weighted by Crippen LogP contribution is -1.98. The average molecular weight is 97.1 g/mol. The maximum absolute atomic E-state index is 4.50. The number of rotatable bonds is 0. The summed E-state index contributed by atoms with van der Waals surface area (Å²) in [7, 11) is 0. The van der Waals surface area contributed by atoms with Crippen molar-refractivity contribution in [2.45, 2.75) is 0 Å². The third-order valence-corrected chi connectivity index (χ3v) is 1.08. The van der Waals surface area contributed by atoms with Crippen molar-refractivity contribution >= 4 is 20.8 Å². The van der Waals surface area contributed by atoms with E-state index in [2.05, 4.69) is 9.68 Å². The Morgan fingerprint density at radius 3 is 2.83 bits per heavy atom. The maximum Gasteiger partial charge on any atom is 0.295 e. The molecule has 1 heterocycles. The van der Waals surface area contributed by atoms with E-state index in [1.165, 1.54) is 0 Å². The highest BCUT2D eigenvalue weighted by atomic mass is 27.0. The second-order valence-corrected chi connectivity index (χ2v) is 2.17. The predicted molar refractivity (Wildman–Crippen MR) is 24.7 cm³/mol. The first-order valence-corrected chi connectivity index (χ1v) is 2.76. The van der Waals surface area contributed by atoms with Gasteiger partial charge < -0.3 is 4.52 Å². The van der Waals surface area contributed by atoms with Crippen molar-refractivity contribution < 1.29 is 4.52 Å². The molecule has 3 heteroatoms. The zero-order valence-electron chi connectivity index (χ0n) is 3.51. The molecule has 30 valence electrons. The highest BCUT2D eigenvalue weighted by Gasteiger charge is 1.78. The van der Waals surface area contributed by atoms with Crippen molar-refractivity contribution in [2.24, 2.45) is 0 Å². The molecule has 0 amide bonds. The summed E-state index contributed by atoms with van der Waals surface area (Å²) in [5, 5.41) is 3.60. The Hall–Kier alpha value is -0.258. The van der Waals surface area contributed by atoms with Crippen LogP contribution in [0.15, 0.2) is 16.9 Å². The van der Waals surface area contributed by atoms with Gasteiger partial charge in [-0.15, -0.1) is 5.16 Å². The summed E-state index contributed by atoms with van der Waals surface area (Å²) in [6.45, 7) is 0. The summed E-state index contributed by atoms with van der Waals surface area (Å²) in [6.07, 6.45) is 1.59. The van der Waals surface area contributed by atoms with Gasteiger partial charge in [-0.25, -0.2) is 0 Å². The molecule has 0 unspecified atom stereocenters. The van der Waals surface area contributed by atoms with Crippen LogP contribution in [0.2, 0.25) is 0 Å². The first-order chi connectivity index (χ1) is 2.89. The van der Waals surface area contributed by atoms with Gasteiger partial charge in [0.1, 0.15) is 6.26 Å². The van der Waals surface area contributed by atoms with Crippen LogP contribution in [-0.4, -0.2) is 21.4 Å². The molecule has 0 atom stereocenters. The van der Waals surface area contributed by atoms with Gasteiger partial charge in [-0.1, -0.05) is 0 Å². The van der Waals surface area contributed by atoms with Crippen LogP contribution < -0.4 is 4.56 Å². The standard InChI is InChI=1S/C3H2NO.Al.2H/c1-2-4-5-3-1;;;/h1,3H;;;. The molecule has 2 nitrogen and oxygen atoms in total. The molecular formula is C3H4AlNO. The third-order valence-electron chi connectivity index (χ3n) is 0.567. The Kier molecular flexibility index (Phi) is 0.954. The van der Waals surface area contributed by atoms with Crippen LogP contribution in [0.1, 0.15) is 0 Å². The Bertz CT molecular complexity index is 114. The highest BCUT2D eigenvalue weighted by molar-refractivity contribution is 6.30. The molecule has 0 radical (unpaired) electrons. The molecule has 0 aliphatic heterocycles. The predicted octanol–water partition coefficient (Wildman–Crippen LogP) is -1.07. The van der Waals surface area contributed by atoms with Crippen LogP contribution in [0.25, 0.3) is 0 Å². The Morgan fingerprint density at radius 1 is 1.83 bits per heavy atom. The Labute approximate surface area is 43.6 Å². The van der Waals surface area contributed by atoms with Crippen molar-refractivity contribution in [3.63, 3.8) is 0 Å². The molecule has 1 aromatic heterocycles. The van der Waals surface area contributed by atoms with E-state index in [1.54, 1.807) is 6.26 Å². The van der Waals surface area contributed by atoms with Crippen LogP contribution in [0.3, 0.4) is 0 Å². The lowest BCUT2D eigenvalue weighted by Gasteiger charge is -1.62. The van der Waals surface area contributed by atoms with Crippen LogP contribution in [-0.2, 0) is 0 Å². The van der Waals surface area contributed by atoms with Crippen LogP contribution in [0.5, 0.6) is 0 Å². The van der Waals surface area contributed by atoms with Gasteiger partial charge in [0.25, 0.3) is 16.3 Å². The van der Waals surface area contributed by atoms with Crippen LogP contribution in [0, 0.1) is 0 Å². The van der Waals surface area contributed by atoms with E-state index in [9.17, 15) is 0 Å². The fourth-order valence-corrected chi connectivity index (χ4v) is 0.514. The second kappa shape index (κ2) is 1.46. The first kappa shape index (κ1) is 3.92. The molecule has 0 aromatic carbocycles. The van der Waals surface area contributed by atoms with Gasteiger partial charge in [0.05, 0.1) is 0 Å². The molecule has 0 saturated carbocycles. The van der Waals surface area contributed by atoms with E-state index >= 15 is 0 Å². The molecule has 6 heavy (non-hydrogen) atoms. The quantitative estimate of drug-likeness (QED) is 0.385. The van der Waals surface area contributed by atoms with Crippen molar-refractivity contribution in [2.75, 3.05) is 0 Å². The molecule has 0 aliphatic carbocycles. The molecule has 0 aliphatic rings. The zero-order valence-corrected chi connectivity index (χ0v) is 5.51. The second-order valence-electron chi connectivity index (χ2n) is 1.14. The molecule has 0 fully saturated rings. The van der Waals surface area contributed by atoms with Crippen LogP contribution in [0.4, 0.5) is 0 Å². The van der Waals surface area contributed by atoms with E-state index in [4.69, 9.17) is 0 Å². The van der Waals surface area contributed by atoms with Gasteiger partial charge in [-0.05, 0) is 10.6 Å². The van der Waals surface area contributed by atoms with E-state index in [1.807, 2.05) is 6.07 Å². The number of aromatic nitrogens is 1. The summed E-state index contributed by atoms with van der Waals surface area (Å²) >= 11 is 0.991. The van der Waals surface area contributed by atoms with E-state index in [0.717, 1.165) is 20.8 Å². The normalized spacial score (nSPS) is 8.67. The van der Waals surface area contributed by atoms with Crippen molar-refractivity contribution in [3.05, 3.63) is 12.3 Å². The highest BCUT2D eigenvalue weighted by Crippen LogP contribution is 1.68. The Balaban J connectivity index is 3.05. The molecular weight excluding hydrogens is 93.0 g/mol. The lowest BCUT2D eigenvalue weighted by atomic mass is 10.8. The van der Waals surface area contributed by atoms with Gasteiger partial charge in [-0.3, -0.25) is 0 Å². The smallest absolute Gasteiger partial charge is 0.295 e. The number of hydrogen-bond donors (Lipinski definition) is 0. The summed E-state index contributed by atoms with van der Waals surface area (Å²) in [4.78, 5) is 0. The fraction of sp³-hybridized carbons (Fsp3) is 0. The zero-order chi connectivity index (χ0) is 4.41. The largest absolute Gasteiger partial charge is 0.366 e. The summed E-state index contributed by atoms with van der Waals surface area (Å²) in [6, 6.07) is 1.87. The van der Waals surface area contributed by atoms with Gasteiger partial charge in [0.15, 0.2) is 0 Å². The summed E-state index contributed by atoms with van der Waals surface area (Å²) in [5.74, 6) is 0. The Morgan fingerprint density at radius 2 is 2.67 bits per heavy atom. The van der Waals surface area contributed by atoms with Gasteiger partial charge in [-0.2, -0.15) is 0 Å². The molecule has 1 aromatic rings. The minimum absolute atomic E-state index is 0.991. The summed E-state index contributed by atoms with van der Waals surface area (Å²) in [5.41, 5.74) is 0. The van der Waals surface area contributed by atoms with Gasteiger partial charge in [0.2, 0.25) is 0 Å². The number of nitrogens with zero attached hydrogens (tertiary/aromatic N) is 1. The first-order valence-electron chi connectivity index (χ1n) is 1.76. The molecule has 0 N–H and O–H groups in total. The minimum Gasteiger partial charge on any atom is -0.366 e. The molecule has 1 rings (SSSR count). The lowest BCUT2D eigenvalue weighted by molar-refractivity contribution is 0.425. The molecule has 0 saturated heterocycles. The average Bonchev–Trinajstić information content (AvgIpc) is 1.86. The van der Waals surface area contributed by atoms with E-state index in [0.29, 0.717) is 0 Å². The third kappa shape index (κ3) is 0.619. The monoisotopic (exact) mass is 97.0 g/mol. The van der Waals surface area contributed by atoms with E-state index < -0.39 is 0 Å². The van der Waals surface area contributed by atoms with Crippen molar-refractivity contribution in [1.82, 2.24) is 5.16 Å². The fourth-order valence-electron chi connectivity index (χ4n) is 0.273. The van der Waals surface area contributed by atoms with Gasteiger partial charge in [0, 0.05) is 0 Å². The topological polar surface area (TPSA) is 26.0 Å². The minimum atomic E-state index is 0.991. The van der Waals surface area contributed by atoms with Gasteiger partial charge >= 0.3 is 0 Å². The van der Waals surface area contributed by atoms with Crippen molar-refractivity contribution in [3.8, 4) is 0 Å². The summed E-state index contributed by atoms with van der Waals surface area (Å²) < 4.78 is 5.56. The SMILES string of the molecule is [AlH2][c]1ccon1. The van der Waals surface area contributed by atoms with Crippen LogP contribution >= 0.6 is 0 Å². The molecule has 0 spiro atoms. The molecule has 0 bridgehead atoms. The van der Waals surface area contributed by atoms with Crippen molar-refractivity contribution in [1.29, 1.82) is 0 Å².